The summed E-state index contributed by atoms with van der Waals surface area (Å²) < 4.78 is 37.4. The lowest BCUT2D eigenvalue weighted by Crippen LogP contribution is -2.36. The van der Waals surface area contributed by atoms with Gasteiger partial charge in [-0.05, 0) is 18.9 Å². The van der Waals surface area contributed by atoms with E-state index in [1.54, 1.807) is 0 Å². The van der Waals surface area contributed by atoms with Crippen molar-refractivity contribution in [1.29, 1.82) is 0 Å². The van der Waals surface area contributed by atoms with E-state index in [2.05, 4.69) is 0 Å². The number of carbonyl (C=O) groups is 1. The lowest BCUT2D eigenvalue weighted by atomic mass is 9.76. The molecule has 0 aliphatic heterocycles. The van der Waals surface area contributed by atoms with Gasteiger partial charge in [0.05, 0.1) is 0 Å². The van der Waals surface area contributed by atoms with Gasteiger partial charge in [0.25, 0.3) is 0 Å². The molecule has 16 heavy (non-hydrogen) atoms. The molecule has 1 N–H and O–H groups in total. The Balaban J connectivity index is 2.87. The molecule has 0 heterocycles. The second kappa shape index (κ2) is 4.59. The molecule has 2 nitrogen and oxygen atoms in total. The van der Waals surface area contributed by atoms with Gasteiger partial charge in [0.15, 0.2) is 0 Å². The Labute approximate surface area is 91.1 Å². The zero-order valence-corrected chi connectivity index (χ0v) is 8.71. The van der Waals surface area contributed by atoms with Crippen LogP contribution in [0.15, 0.2) is 18.2 Å². The van der Waals surface area contributed by atoms with Crippen LogP contribution in [0, 0.1) is 6.92 Å². The fraction of sp³-hybridized carbons (Fsp3) is 0.300. The van der Waals surface area contributed by atoms with Gasteiger partial charge >= 0.3 is 12.9 Å². The van der Waals surface area contributed by atoms with Crippen molar-refractivity contribution in [2.24, 2.45) is 0 Å². The summed E-state index contributed by atoms with van der Waals surface area (Å²) in [5.74, 6) is -0.957. The smallest absolute Gasteiger partial charge is 0.481 e. The van der Waals surface area contributed by atoms with E-state index in [1.165, 1.54) is 19.1 Å². The number of benzene rings is 1. The minimum absolute atomic E-state index is 0.0735. The van der Waals surface area contributed by atoms with Crippen molar-refractivity contribution in [2.75, 3.05) is 0 Å². The summed E-state index contributed by atoms with van der Waals surface area (Å²) in [4.78, 5) is 10.3. The van der Waals surface area contributed by atoms with E-state index in [0.29, 0.717) is 5.56 Å². The Kier molecular flexibility index (Phi) is 3.62. The summed E-state index contributed by atoms with van der Waals surface area (Å²) in [6, 6.07) is 3.75. The number of aryl methyl sites for hydroxylation is 2. The van der Waals surface area contributed by atoms with E-state index in [1.807, 2.05) is 0 Å². The van der Waals surface area contributed by atoms with Crippen molar-refractivity contribution in [3.8, 4) is 0 Å². The first kappa shape index (κ1) is 12.6. The fourth-order valence-electron chi connectivity index (χ4n) is 1.51. The Bertz CT molecular complexity index is 402. The molecule has 0 spiro atoms. The molecule has 1 aromatic rings. The van der Waals surface area contributed by atoms with Gasteiger partial charge in [0.2, 0.25) is 0 Å². The van der Waals surface area contributed by atoms with Crippen LogP contribution in [0.2, 0.25) is 0 Å². The van der Waals surface area contributed by atoms with Crippen molar-refractivity contribution < 1.29 is 22.8 Å². The SMILES string of the molecule is Cc1cc(CCC(=O)O)ccc1[B-](F)(F)F. The van der Waals surface area contributed by atoms with Crippen molar-refractivity contribution in [1.82, 2.24) is 0 Å². The molecular weight excluding hydrogens is 220 g/mol. The average Bonchev–Trinajstić information content (AvgIpc) is 2.12. The maximum Gasteiger partial charge on any atom is 0.509 e. The first-order valence-corrected chi connectivity index (χ1v) is 4.82. The Morgan fingerprint density at radius 2 is 2.00 bits per heavy atom. The van der Waals surface area contributed by atoms with Crippen LogP contribution in [0.4, 0.5) is 12.9 Å². The minimum atomic E-state index is -4.99. The first-order valence-electron chi connectivity index (χ1n) is 4.82. The third-order valence-corrected chi connectivity index (χ3v) is 2.31. The summed E-state index contributed by atoms with van der Waals surface area (Å²) in [5.41, 5.74) is 0.151. The zero-order chi connectivity index (χ0) is 12.3. The van der Waals surface area contributed by atoms with Crippen LogP contribution >= 0.6 is 0 Å². The van der Waals surface area contributed by atoms with Crippen molar-refractivity contribution in [2.45, 2.75) is 19.8 Å². The van der Waals surface area contributed by atoms with Gasteiger partial charge in [-0.3, -0.25) is 4.79 Å². The molecule has 0 unspecified atom stereocenters. The van der Waals surface area contributed by atoms with Gasteiger partial charge in [-0.25, -0.2) is 0 Å². The molecule has 0 amide bonds. The molecule has 0 radical (unpaired) electrons. The number of rotatable bonds is 4. The maximum absolute atomic E-state index is 12.5. The second-order valence-electron chi connectivity index (χ2n) is 3.66. The summed E-state index contributed by atoms with van der Waals surface area (Å²) in [6.45, 7) is -3.60. The van der Waals surface area contributed by atoms with Gasteiger partial charge < -0.3 is 18.1 Å². The predicted octanol–water partition coefficient (Wildman–Crippen LogP) is 2.07. The number of aliphatic carboxylic acids is 1. The number of carboxylic acids is 1. The molecule has 0 saturated carbocycles. The normalized spacial score (nSPS) is 11.5. The number of hydrogen-bond donors (Lipinski definition) is 1. The topological polar surface area (TPSA) is 37.3 Å². The van der Waals surface area contributed by atoms with Gasteiger partial charge in [0.1, 0.15) is 0 Å². The van der Waals surface area contributed by atoms with E-state index in [9.17, 15) is 17.7 Å². The van der Waals surface area contributed by atoms with E-state index >= 15 is 0 Å². The molecule has 0 saturated heterocycles. The highest BCUT2D eigenvalue weighted by Crippen LogP contribution is 2.14. The van der Waals surface area contributed by atoms with Gasteiger partial charge in [0, 0.05) is 6.42 Å². The Hall–Kier alpha value is -1.46. The van der Waals surface area contributed by atoms with Crippen LogP contribution in [0.5, 0.6) is 0 Å². The number of carboxylic acid groups (broad SMARTS) is 1. The quantitative estimate of drug-likeness (QED) is 0.805. The number of halogens is 3. The van der Waals surface area contributed by atoms with Crippen LogP contribution in [0.3, 0.4) is 0 Å². The summed E-state index contributed by atoms with van der Waals surface area (Å²) >= 11 is 0. The maximum atomic E-state index is 12.5. The van der Waals surface area contributed by atoms with Crippen molar-refractivity contribution in [3.05, 3.63) is 29.3 Å². The lowest BCUT2D eigenvalue weighted by molar-refractivity contribution is -0.136. The van der Waals surface area contributed by atoms with Gasteiger partial charge in [-0.2, -0.15) is 0 Å². The second-order valence-corrected chi connectivity index (χ2v) is 3.66. The molecule has 0 aliphatic carbocycles. The molecule has 6 heteroatoms. The lowest BCUT2D eigenvalue weighted by Gasteiger charge is -2.18. The fourth-order valence-corrected chi connectivity index (χ4v) is 1.51. The third-order valence-electron chi connectivity index (χ3n) is 2.31. The van der Waals surface area contributed by atoms with Crippen LogP contribution in [0.1, 0.15) is 17.5 Å². The van der Waals surface area contributed by atoms with Crippen LogP contribution in [-0.2, 0) is 11.2 Å². The highest BCUT2D eigenvalue weighted by molar-refractivity contribution is 6.74. The molecule has 88 valence electrons. The van der Waals surface area contributed by atoms with Crippen LogP contribution in [0.25, 0.3) is 0 Å². The van der Waals surface area contributed by atoms with Gasteiger partial charge in [-0.15, -0.1) is 5.46 Å². The summed E-state index contributed by atoms with van der Waals surface area (Å²) in [6.07, 6.45) is 0.178. The molecular formula is C10H11BF3O2-. The molecule has 0 aromatic heterocycles. The predicted molar refractivity (Wildman–Crippen MR) is 55.8 cm³/mol. The molecule has 0 bridgehead atoms. The van der Waals surface area contributed by atoms with E-state index in [4.69, 9.17) is 5.11 Å². The molecule has 0 atom stereocenters. The van der Waals surface area contributed by atoms with E-state index in [0.717, 1.165) is 6.07 Å². The van der Waals surface area contributed by atoms with Crippen molar-refractivity contribution >= 4 is 18.4 Å². The minimum Gasteiger partial charge on any atom is -0.481 e. The van der Waals surface area contributed by atoms with Crippen molar-refractivity contribution in [3.63, 3.8) is 0 Å². The summed E-state index contributed by atoms with van der Waals surface area (Å²) in [5, 5.41) is 8.45. The highest BCUT2D eigenvalue weighted by Gasteiger charge is 2.26. The Morgan fingerprint density at radius 3 is 2.44 bits per heavy atom. The standard InChI is InChI=1S/C10H11BF3O2/c1-7-6-8(3-5-10(15)16)2-4-9(7)11(12,13)14/h2,4,6H,3,5H2,1H3,(H,15,16)/q-1. The number of hydrogen-bond acceptors (Lipinski definition) is 1. The van der Waals surface area contributed by atoms with E-state index in [-0.39, 0.29) is 18.4 Å². The van der Waals surface area contributed by atoms with Crippen LogP contribution < -0.4 is 5.46 Å². The zero-order valence-electron chi connectivity index (χ0n) is 8.71. The monoisotopic (exact) mass is 231 g/mol. The molecule has 1 rings (SSSR count). The first-order chi connectivity index (χ1) is 7.30. The average molecular weight is 231 g/mol. The van der Waals surface area contributed by atoms with E-state index < -0.39 is 18.4 Å². The van der Waals surface area contributed by atoms with Crippen LogP contribution in [-0.4, -0.2) is 18.1 Å². The Morgan fingerprint density at radius 1 is 1.38 bits per heavy atom. The molecule has 0 aliphatic rings. The highest BCUT2D eigenvalue weighted by atomic mass is 19.4. The molecule has 0 fully saturated rings. The van der Waals surface area contributed by atoms with Gasteiger partial charge in [-0.1, -0.05) is 23.8 Å². The third kappa shape index (κ3) is 3.29. The molecule has 1 aromatic carbocycles. The largest absolute Gasteiger partial charge is 0.509 e. The summed E-state index contributed by atoms with van der Waals surface area (Å²) in [7, 11) is 0.